The molecule has 1 amide bonds. The van der Waals surface area contributed by atoms with Gasteiger partial charge in [0.1, 0.15) is 11.8 Å². The van der Waals surface area contributed by atoms with Crippen molar-refractivity contribution in [2.24, 2.45) is 5.10 Å². The highest BCUT2D eigenvalue weighted by Crippen LogP contribution is 2.25. The minimum atomic E-state index is -3.71. The van der Waals surface area contributed by atoms with Crippen LogP contribution in [-0.4, -0.2) is 54.0 Å². The Morgan fingerprint density at radius 2 is 1.83 bits per heavy atom. The van der Waals surface area contributed by atoms with E-state index < -0.39 is 22.0 Å². The number of methoxy groups -OCH3 is 1. The van der Waals surface area contributed by atoms with Crippen molar-refractivity contribution < 1.29 is 17.9 Å². The molecule has 10 heteroatoms. The molecule has 2 aromatic rings. The van der Waals surface area contributed by atoms with Crippen LogP contribution in [0.1, 0.15) is 12.5 Å². The third-order valence-electron chi connectivity index (χ3n) is 4.26. The molecule has 2 rings (SSSR count). The average Bonchev–Trinajstić information content (AvgIpc) is 2.67. The van der Waals surface area contributed by atoms with Gasteiger partial charge in [-0.3, -0.25) is 9.10 Å². The lowest BCUT2D eigenvalue weighted by atomic mass is 10.2. The summed E-state index contributed by atoms with van der Waals surface area (Å²) in [5.74, 6) is 0.0248. The zero-order chi connectivity index (χ0) is 22.5. The SMILES string of the molecule is COc1ccc(N(C(C)C(=O)N/N=C/c2ccc(N(C)C)c(Br)c2)S(C)(=O)=O)cc1. The quantitative estimate of drug-likeness (QED) is 0.448. The number of benzene rings is 2. The van der Waals surface area contributed by atoms with E-state index in [1.807, 2.05) is 37.2 Å². The van der Waals surface area contributed by atoms with E-state index in [1.165, 1.54) is 20.2 Å². The molecular weight excluding hydrogens is 472 g/mol. The Bertz CT molecular complexity index is 1020. The lowest BCUT2D eigenvalue weighted by Crippen LogP contribution is -2.46. The predicted octanol–water partition coefficient (Wildman–Crippen LogP) is 2.83. The van der Waals surface area contributed by atoms with Gasteiger partial charge in [0.25, 0.3) is 5.91 Å². The Morgan fingerprint density at radius 3 is 2.33 bits per heavy atom. The largest absolute Gasteiger partial charge is 0.497 e. The first-order valence-corrected chi connectivity index (χ1v) is 11.6. The molecule has 1 atom stereocenters. The molecule has 2 aromatic carbocycles. The van der Waals surface area contributed by atoms with E-state index in [0.717, 1.165) is 26.3 Å². The van der Waals surface area contributed by atoms with Crippen LogP contribution in [0.4, 0.5) is 11.4 Å². The number of nitrogens with zero attached hydrogens (tertiary/aromatic N) is 3. The smallest absolute Gasteiger partial charge is 0.263 e. The van der Waals surface area contributed by atoms with Crippen LogP contribution in [0.15, 0.2) is 52.0 Å². The van der Waals surface area contributed by atoms with Crippen LogP contribution < -0.4 is 19.4 Å². The standard InChI is InChI=1S/C20H25BrN4O4S/c1-14(25(30(5,27)28)16-7-9-17(29-4)10-8-16)20(26)23-22-13-15-6-11-19(24(2)3)18(21)12-15/h6-14H,1-5H3,(H,23,26)/b22-13+. The summed E-state index contributed by atoms with van der Waals surface area (Å²) in [5.41, 5.74) is 4.54. The highest BCUT2D eigenvalue weighted by Gasteiger charge is 2.29. The molecule has 8 nitrogen and oxygen atoms in total. The second-order valence-electron chi connectivity index (χ2n) is 6.77. The lowest BCUT2D eigenvalue weighted by Gasteiger charge is -2.27. The van der Waals surface area contributed by atoms with Gasteiger partial charge in [0.2, 0.25) is 10.0 Å². The van der Waals surface area contributed by atoms with Crippen molar-refractivity contribution >= 4 is 49.4 Å². The molecule has 1 unspecified atom stereocenters. The van der Waals surface area contributed by atoms with Gasteiger partial charge in [-0.1, -0.05) is 6.07 Å². The van der Waals surface area contributed by atoms with Crippen LogP contribution in [-0.2, 0) is 14.8 Å². The molecule has 0 aliphatic heterocycles. The maximum absolute atomic E-state index is 12.6. The van der Waals surface area contributed by atoms with Crippen LogP contribution in [0, 0.1) is 0 Å². The Morgan fingerprint density at radius 1 is 1.20 bits per heavy atom. The molecule has 1 N–H and O–H groups in total. The Labute approximate surface area is 185 Å². The number of halogens is 1. The van der Waals surface area contributed by atoms with Crippen LogP contribution in [0.2, 0.25) is 0 Å². The number of rotatable bonds is 8. The highest BCUT2D eigenvalue weighted by molar-refractivity contribution is 9.10. The number of carbonyl (C=O) groups excluding carboxylic acids is 1. The van der Waals surface area contributed by atoms with Crippen LogP contribution in [0.25, 0.3) is 0 Å². The summed E-state index contributed by atoms with van der Waals surface area (Å²) in [7, 11) is 1.68. The van der Waals surface area contributed by atoms with Crippen molar-refractivity contribution in [3.8, 4) is 5.75 Å². The molecule has 0 saturated carbocycles. The number of carbonyl (C=O) groups is 1. The predicted molar refractivity (Wildman–Crippen MR) is 124 cm³/mol. The van der Waals surface area contributed by atoms with Crippen molar-refractivity contribution in [1.29, 1.82) is 0 Å². The van der Waals surface area contributed by atoms with Gasteiger partial charge >= 0.3 is 0 Å². The average molecular weight is 497 g/mol. The molecule has 0 aliphatic rings. The van der Waals surface area contributed by atoms with Crippen LogP contribution in [0.5, 0.6) is 5.75 Å². The minimum absolute atomic E-state index is 0.355. The second-order valence-corrected chi connectivity index (χ2v) is 9.49. The van der Waals surface area contributed by atoms with E-state index in [-0.39, 0.29) is 0 Å². The zero-order valence-corrected chi connectivity index (χ0v) is 19.9. The van der Waals surface area contributed by atoms with Gasteiger partial charge in [0, 0.05) is 18.6 Å². The van der Waals surface area contributed by atoms with Gasteiger partial charge in [-0.25, -0.2) is 13.8 Å². The number of hydrogen-bond acceptors (Lipinski definition) is 6. The topological polar surface area (TPSA) is 91.3 Å². The third kappa shape index (κ3) is 5.96. The summed E-state index contributed by atoms with van der Waals surface area (Å²) in [6, 6.07) is 11.1. The summed E-state index contributed by atoms with van der Waals surface area (Å²) >= 11 is 3.50. The molecule has 0 radical (unpaired) electrons. The summed E-state index contributed by atoms with van der Waals surface area (Å²) < 4.78 is 31.7. The van der Waals surface area contributed by atoms with Crippen LogP contribution in [0.3, 0.4) is 0 Å². The van der Waals surface area contributed by atoms with Crippen molar-refractivity contribution in [3.05, 3.63) is 52.5 Å². The van der Waals surface area contributed by atoms with Crippen molar-refractivity contribution in [2.75, 3.05) is 36.7 Å². The summed E-state index contributed by atoms with van der Waals surface area (Å²) in [4.78, 5) is 14.5. The summed E-state index contributed by atoms with van der Waals surface area (Å²) in [6.07, 6.45) is 2.54. The van der Waals surface area contributed by atoms with Crippen molar-refractivity contribution in [1.82, 2.24) is 5.43 Å². The van der Waals surface area contributed by atoms with Gasteiger partial charge < -0.3 is 9.64 Å². The maximum atomic E-state index is 12.6. The molecule has 0 aliphatic carbocycles. The number of hydrogen-bond donors (Lipinski definition) is 1. The number of ether oxygens (including phenoxy) is 1. The highest BCUT2D eigenvalue weighted by atomic mass is 79.9. The minimum Gasteiger partial charge on any atom is -0.497 e. The first kappa shape index (κ1) is 23.7. The molecular formula is C20H25BrN4O4S. The fraction of sp³-hybridized carbons (Fsp3) is 0.300. The van der Waals surface area contributed by atoms with E-state index >= 15 is 0 Å². The molecule has 0 aromatic heterocycles. The molecule has 0 fully saturated rings. The number of amides is 1. The fourth-order valence-corrected chi connectivity index (χ4v) is 4.69. The van der Waals surface area contributed by atoms with E-state index in [2.05, 4.69) is 26.5 Å². The molecule has 162 valence electrons. The van der Waals surface area contributed by atoms with E-state index in [9.17, 15) is 13.2 Å². The summed E-state index contributed by atoms with van der Waals surface area (Å²) in [6.45, 7) is 1.50. The number of anilines is 2. The Kier molecular flexibility index (Phi) is 7.85. The molecule has 0 saturated heterocycles. The normalized spacial score (nSPS) is 12.5. The van der Waals surface area contributed by atoms with Crippen molar-refractivity contribution in [2.45, 2.75) is 13.0 Å². The van der Waals surface area contributed by atoms with Crippen molar-refractivity contribution in [3.63, 3.8) is 0 Å². The molecule has 0 bridgehead atoms. The second kappa shape index (κ2) is 9.94. The monoisotopic (exact) mass is 496 g/mol. The third-order valence-corrected chi connectivity index (χ3v) is 6.13. The first-order chi connectivity index (χ1) is 14.0. The van der Waals surface area contributed by atoms with Gasteiger partial charge in [0.05, 0.1) is 31.0 Å². The fourth-order valence-electron chi connectivity index (χ4n) is 2.77. The van der Waals surface area contributed by atoms with E-state index in [1.54, 1.807) is 24.3 Å². The Hall–Kier alpha value is -2.59. The van der Waals surface area contributed by atoms with Gasteiger partial charge in [-0.15, -0.1) is 0 Å². The van der Waals surface area contributed by atoms with Gasteiger partial charge in [-0.2, -0.15) is 5.10 Å². The first-order valence-electron chi connectivity index (χ1n) is 8.98. The molecule has 0 spiro atoms. The number of nitrogens with one attached hydrogen (secondary N) is 1. The maximum Gasteiger partial charge on any atom is 0.263 e. The lowest BCUT2D eigenvalue weighted by molar-refractivity contribution is -0.121. The zero-order valence-electron chi connectivity index (χ0n) is 17.5. The number of sulfonamides is 1. The van der Waals surface area contributed by atoms with Crippen LogP contribution >= 0.6 is 15.9 Å². The molecule has 30 heavy (non-hydrogen) atoms. The Balaban J connectivity index is 2.15. The van der Waals surface area contributed by atoms with E-state index in [4.69, 9.17) is 4.74 Å². The summed E-state index contributed by atoms with van der Waals surface area (Å²) in [5, 5.41) is 3.96. The van der Waals surface area contributed by atoms with Gasteiger partial charge in [-0.05, 0) is 64.8 Å². The van der Waals surface area contributed by atoms with E-state index in [0.29, 0.717) is 11.4 Å². The number of hydrazone groups is 1. The molecule has 0 heterocycles. The van der Waals surface area contributed by atoms with Gasteiger partial charge in [0.15, 0.2) is 0 Å².